The normalized spacial score (nSPS) is 12.3. The lowest BCUT2D eigenvalue weighted by atomic mass is 10.1. The predicted molar refractivity (Wildman–Crippen MR) is 58.3 cm³/mol. The van der Waals surface area contributed by atoms with Gasteiger partial charge in [-0.3, -0.25) is 0 Å². The van der Waals surface area contributed by atoms with E-state index in [1.54, 1.807) is 6.07 Å². The summed E-state index contributed by atoms with van der Waals surface area (Å²) in [6.07, 6.45) is 0.0569. The monoisotopic (exact) mass is 251 g/mol. The first kappa shape index (κ1) is 12.2. The molecule has 6 nitrogen and oxygen atoms in total. The van der Waals surface area contributed by atoms with E-state index in [9.17, 15) is 14.3 Å². The highest BCUT2D eigenvalue weighted by molar-refractivity contribution is 5.84. The van der Waals surface area contributed by atoms with Gasteiger partial charge < -0.3 is 10.2 Å². The fourth-order valence-corrected chi connectivity index (χ4v) is 1.51. The smallest absolute Gasteiger partial charge is 0.358 e. The maximum absolute atomic E-state index is 13.4. The number of aliphatic hydroxyl groups is 1. The summed E-state index contributed by atoms with van der Waals surface area (Å²) in [4.78, 5) is 10.6. The van der Waals surface area contributed by atoms with Gasteiger partial charge >= 0.3 is 5.97 Å². The van der Waals surface area contributed by atoms with E-state index in [1.165, 1.54) is 24.4 Å². The molecule has 2 rings (SSSR count). The van der Waals surface area contributed by atoms with Crippen molar-refractivity contribution in [1.82, 2.24) is 15.0 Å². The number of aromatic carboxylic acids is 1. The highest BCUT2D eigenvalue weighted by Gasteiger charge is 2.15. The summed E-state index contributed by atoms with van der Waals surface area (Å²) >= 11 is 0. The van der Waals surface area contributed by atoms with Crippen LogP contribution in [0.25, 0.3) is 0 Å². The third kappa shape index (κ3) is 2.51. The maximum atomic E-state index is 13.4. The number of aromatic nitrogens is 3. The highest BCUT2D eigenvalue weighted by Crippen LogP contribution is 2.17. The third-order valence-electron chi connectivity index (χ3n) is 2.38. The van der Waals surface area contributed by atoms with Gasteiger partial charge in [-0.15, -0.1) is 5.10 Å². The number of hydrogen-bond acceptors (Lipinski definition) is 4. The van der Waals surface area contributed by atoms with E-state index in [0.29, 0.717) is 0 Å². The van der Waals surface area contributed by atoms with Crippen molar-refractivity contribution in [3.8, 4) is 0 Å². The van der Waals surface area contributed by atoms with Crippen LogP contribution in [-0.2, 0) is 6.54 Å². The molecular formula is C11H10FN3O3. The van der Waals surface area contributed by atoms with Gasteiger partial charge in [-0.2, -0.15) is 0 Å². The Morgan fingerprint density at radius 2 is 2.17 bits per heavy atom. The van der Waals surface area contributed by atoms with Crippen LogP contribution in [-0.4, -0.2) is 31.2 Å². The van der Waals surface area contributed by atoms with Crippen LogP contribution in [0.5, 0.6) is 0 Å². The Kier molecular flexibility index (Phi) is 3.33. The topological polar surface area (TPSA) is 88.2 Å². The Morgan fingerprint density at radius 3 is 2.78 bits per heavy atom. The van der Waals surface area contributed by atoms with Gasteiger partial charge in [0.1, 0.15) is 11.9 Å². The van der Waals surface area contributed by atoms with Gasteiger partial charge in [0.15, 0.2) is 5.69 Å². The summed E-state index contributed by atoms with van der Waals surface area (Å²) < 4.78 is 14.5. The second-order valence-corrected chi connectivity index (χ2v) is 3.67. The second kappa shape index (κ2) is 4.92. The minimum atomic E-state index is -1.21. The number of nitrogens with zero attached hydrogens (tertiary/aromatic N) is 3. The predicted octanol–water partition coefficient (Wildman–Crippen LogP) is 0.849. The van der Waals surface area contributed by atoms with Gasteiger partial charge in [-0.1, -0.05) is 23.4 Å². The molecule has 2 aromatic rings. The molecule has 0 aliphatic heterocycles. The molecule has 0 aliphatic rings. The highest BCUT2D eigenvalue weighted by atomic mass is 19.1. The Bertz CT molecular complexity index is 570. The number of hydrogen-bond donors (Lipinski definition) is 2. The van der Waals surface area contributed by atoms with Crippen LogP contribution in [0.1, 0.15) is 22.2 Å². The first-order valence-corrected chi connectivity index (χ1v) is 5.14. The van der Waals surface area contributed by atoms with Crippen molar-refractivity contribution >= 4 is 5.97 Å². The van der Waals surface area contributed by atoms with E-state index in [-0.39, 0.29) is 17.8 Å². The lowest BCUT2D eigenvalue weighted by Crippen LogP contribution is -2.10. The second-order valence-electron chi connectivity index (χ2n) is 3.67. The summed E-state index contributed by atoms with van der Waals surface area (Å²) in [5.74, 6) is -1.73. The zero-order valence-electron chi connectivity index (χ0n) is 9.19. The number of carboxylic acids is 1. The maximum Gasteiger partial charge on any atom is 0.358 e. The van der Waals surface area contributed by atoms with Crippen LogP contribution in [0.4, 0.5) is 4.39 Å². The molecule has 1 aromatic carbocycles. The zero-order chi connectivity index (χ0) is 13.1. The van der Waals surface area contributed by atoms with E-state index < -0.39 is 17.9 Å². The molecule has 1 aromatic heterocycles. The van der Waals surface area contributed by atoms with E-state index in [1.807, 2.05) is 0 Å². The summed E-state index contributed by atoms with van der Waals surface area (Å²) in [5.41, 5.74) is -0.0967. The number of carboxylic acid groups (broad SMARTS) is 1. The van der Waals surface area contributed by atoms with Crippen LogP contribution in [0, 0.1) is 5.82 Å². The van der Waals surface area contributed by atoms with Crippen LogP contribution >= 0.6 is 0 Å². The molecule has 94 valence electrons. The fourth-order valence-electron chi connectivity index (χ4n) is 1.51. The average Bonchev–Trinajstić information content (AvgIpc) is 2.78. The molecule has 1 atom stereocenters. The number of rotatable bonds is 4. The average molecular weight is 251 g/mol. The minimum absolute atomic E-state index is 0.0682. The molecule has 0 unspecified atom stereocenters. The quantitative estimate of drug-likeness (QED) is 0.841. The molecule has 0 radical (unpaired) electrons. The van der Waals surface area contributed by atoms with Crippen molar-refractivity contribution in [3.05, 3.63) is 47.5 Å². The zero-order valence-corrected chi connectivity index (χ0v) is 9.19. The van der Waals surface area contributed by atoms with Crippen LogP contribution in [0.3, 0.4) is 0 Å². The first-order valence-electron chi connectivity index (χ1n) is 5.14. The molecule has 0 fully saturated rings. The van der Waals surface area contributed by atoms with Crippen molar-refractivity contribution in [3.63, 3.8) is 0 Å². The third-order valence-corrected chi connectivity index (χ3v) is 2.38. The van der Waals surface area contributed by atoms with Gasteiger partial charge in [0.2, 0.25) is 0 Å². The van der Waals surface area contributed by atoms with E-state index in [4.69, 9.17) is 5.11 Å². The summed E-state index contributed by atoms with van der Waals surface area (Å²) in [6, 6.07) is 5.81. The lowest BCUT2D eigenvalue weighted by molar-refractivity contribution is 0.0690. The van der Waals surface area contributed by atoms with E-state index in [0.717, 1.165) is 4.68 Å². The van der Waals surface area contributed by atoms with Gasteiger partial charge in [0.05, 0.1) is 12.7 Å². The van der Waals surface area contributed by atoms with Crippen molar-refractivity contribution in [2.45, 2.75) is 12.6 Å². The molecule has 0 saturated heterocycles. The van der Waals surface area contributed by atoms with Crippen molar-refractivity contribution in [1.29, 1.82) is 0 Å². The molecule has 0 amide bonds. The van der Waals surface area contributed by atoms with Gasteiger partial charge in [0.25, 0.3) is 0 Å². The molecule has 1 heterocycles. The minimum Gasteiger partial charge on any atom is -0.476 e. The molecule has 0 aliphatic carbocycles. The van der Waals surface area contributed by atoms with Crippen LogP contribution in [0.15, 0.2) is 30.5 Å². The van der Waals surface area contributed by atoms with Crippen LogP contribution < -0.4 is 0 Å². The number of halogens is 1. The van der Waals surface area contributed by atoms with Gasteiger partial charge in [-0.25, -0.2) is 13.9 Å². The fraction of sp³-hybridized carbons (Fsp3) is 0.182. The number of carbonyl (C=O) groups is 1. The van der Waals surface area contributed by atoms with Crippen molar-refractivity contribution in [2.24, 2.45) is 0 Å². The molecular weight excluding hydrogens is 241 g/mol. The van der Waals surface area contributed by atoms with Gasteiger partial charge in [0, 0.05) is 5.56 Å². The summed E-state index contributed by atoms with van der Waals surface area (Å²) in [5, 5.41) is 25.4. The molecule has 0 bridgehead atoms. The Morgan fingerprint density at radius 1 is 1.44 bits per heavy atom. The Labute approximate surface area is 101 Å². The summed E-state index contributed by atoms with van der Waals surface area (Å²) in [6.45, 7) is -0.0682. The molecule has 0 saturated carbocycles. The Hall–Kier alpha value is -2.28. The standard InChI is InChI=1S/C11H10FN3O3/c12-8-4-2-1-3-7(8)10(16)6-15-5-9(11(17)18)13-14-15/h1-5,10,16H,6H2,(H,17,18)/t10-/m1/s1. The number of benzene rings is 1. The van der Waals surface area contributed by atoms with E-state index in [2.05, 4.69) is 10.3 Å². The van der Waals surface area contributed by atoms with Crippen molar-refractivity contribution in [2.75, 3.05) is 0 Å². The lowest BCUT2D eigenvalue weighted by Gasteiger charge is -2.11. The molecule has 0 spiro atoms. The Balaban J connectivity index is 2.13. The number of aliphatic hydroxyl groups excluding tert-OH is 1. The van der Waals surface area contributed by atoms with Crippen LogP contribution in [0.2, 0.25) is 0 Å². The largest absolute Gasteiger partial charge is 0.476 e. The molecule has 18 heavy (non-hydrogen) atoms. The van der Waals surface area contributed by atoms with Crippen molar-refractivity contribution < 1.29 is 19.4 Å². The first-order chi connectivity index (χ1) is 8.58. The van der Waals surface area contributed by atoms with Gasteiger partial charge in [-0.05, 0) is 6.07 Å². The molecule has 2 N–H and O–H groups in total. The molecule has 7 heteroatoms. The SMILES string of the molecule is O=C(O)c1cn(C[C@@H](O)c2ccccc2F)nn1. The van der Waals surface area contributed by atoms with E-state index >= 15 is 0 Å². The summed E-state index contributed by atoms with van der Waals surface area (Å²) in [7, 11) is 0.